The highest BCUT2D eigenvalue weighted by Gasteiger charge is 2.20. The standard InChI is InChI=1S/C16H24N2O.ClH/c1-2-15(14-8-4-3-5-9-14)16(19)18-12-13-7-6-10-17-11-13;/h3-5,8-9,13,15,17H,2,6-7,10-12H2,1H3,(H,18,19);1H. The summed E-state index contributed by atoms with van der Waals surface area (Å²) in [5.74, 6) is 0.739. The van der Waals surface area contributed by atoms with Crippen LogP contribution in [0.4, 0.5) is 0 Å². The summed E-state index contributed by atoms with van der Waals surface area (Å²) in [5, 5.41) is 6.51. The lowest BCUT2D eigenvalue weighted by Crippen LogP contribution is -2.39. The molecule has 1 fully saturated rings. The van der Waals surface area contributed by atoms with E-state index in [2.05, 4.69) is 17.6 Å². The lowest BCUT2D eigenvalue weighted by Gasteiger charge is -2.24. The molecule has 1 aromatic carbocycles. The van der Waals surface area contributed by atoms with E-state index < -0.39 is 0 Å². The summed E-state index contributed by atoms with van der Waals surface area (Å²) in [4.78, 5) is 12.3. The third kappa shape index (κ3) is 4.80. The van der Waals surface area contributed by atoms with Crippen LogP contribution in [0.2, 0.25) is 0 Å². The fraction of sp³-hybridized carbons (Fsp3) is 0.562. The number of carbonyl (C=O) groups excluding carboxylic acids is 1. The van der Waals surface area contributed by atoms with Crippen molar-refractivity contribution in [3.63, 3.8) is 0 Å². The van der Waals surface area contributed by atoms with Crippen LogP contribution in [0.1, 0.15) is 37.7 Å². The van der Waals surface area contributed by atoms with Crippen LogP contribution in [-0.2, 0) is 4.79 Å². The first-order chi connectivity index (χ1) is 9.31. The van der Waals surface area contributed by atoms with Crippen LogP contribution in [0.25, 0.3) is 0 Å². The minimum absolute atomic E-state index is 0. The van der Waals surface area contributed by atoms with Crippen LogP contribution in [0.5, 0.6) is 0 Å². The first-order valence-electron chi connectivity index (χ1n) is 7.34. The molecule has 2 atom stereocenters. The Bertz CT molecular complexity index is 391. The first kappa shape index (κ1) is 17.0. The average Bonchev–Trinajstić information content (AvgIpc) is 2.48. The highest BCUT2D eigenvalue weighted by molar-refractivity contribution is 5.85. The van der Waals surface area contributed by atoms with Gasteiger partial charge in [0.1, 0.15) is 0 Å². The van der Waals surface area contributed by atoms with Gasteiger partial charge in [-0.15, -0.1) is 12.4 Å². The fourth-order valence-electron chi connectivity index (χ4n) is 2.72. The molecule has 2 rings (SSSR count). The Hall–Kier alpha value is -1.06. The van der Waals surface area contributed by atoms with Crippen LogP contribution in [0.15, 0.2) is 30.3 Å². The van der Waals surface area contributed by atoms with Crippen LogP contribution in [0.3, 0.4) is 0 Å². The average molecular weight is 297 g/mol. The second-order valence-corrected chi connectivity index (χ2v) is 5.33. The van der Waals surface area contributed by atoms with Crippen molar-refractivity contribution in [2.75, 3.05) is 19.6 Å². The molecule has 1 aliphatic rings. The molecule has 1 amide bonds. The summed E-state index contributed by atoms with van der Waals surface area (Å²) in [7, 11) is 0. The minimum Gasteiger partial charge on any atom is -0.355 e. The van der Waals surface area contributed by atoms with E-state index in [1.54, 1.807) is 0 Å². The topological polar surface area (TPSA) is 41.1 Å². The van der Waals surface area contributed by atoms with Gasteiger partial charge in [0.25, 0.3) is 0 Å². The molecule has 1 aromatic rings. The van der Waals surface area contributed by atoms with E-state index in [0.717, 1.165) is 31.6 Å². The molecule has 0 aromatic heterocycles. The Balaban J connectivity index is 0.00000200. The van der Waals surface area contributed by atoms with Gasteiger partial charge in [-0.2, -0.15) is 0 Å². The SMILES string of the molecule is CCC(C(=O)NCC1CCCNC1)c1ccccc1.Cl. The van der Waals surface area contributed by atoms with E-state index in [9.17, 15) is 4.79 Å². The number of piperidine rings is 1. The van der Waals surface area contributed by atoms with E-state index in [1.807, 2.05) is 30.3 Å². The first-order valence-corrected chi connectivity index (χ1v) is 7.34. The molecule has 1 saturated heterocycles. The van der Waals surface area contributed by atoms with Gasteiger partial charge in [-0.1, -0.05) is 37.3 Å². The van der Waals surface area contributed by atoms with Crippen LogP contribution in [0, 0.1) is 5.92 Å². The van der Waals surface area contributed by atoms with E-state index in [1.165, 1.54) is 12.8 Å². The monoisotopic (exact) mass is 296 g/mol. The molecule has 2 unspecified atom stereocenters. The van der Waals surface area contributed by atoms with Gasteiger partial charge in [-0.3, -0.25) is 4.79 Å². The summed E-state index contributed by atoms with van der Waals surface area (Å²) in [6, 6.07) is 10.1. The second-order valence-electron chi connectivity index (χ2n) is 5.33. The van der Waals surface area contributed by atoms with Crippen molar-refractivity contribution in [3.05, 3.63) is 35.9 Å². The number of carbonyl (C=O) groups is 1. The summed E-state index contributed by atoms with van der Waals surface area (Å²) in [6.45, 7) is 5.02. The molecule has 0 bridgehead atoms. The van der Waals surface area contributed by atoms with Crippen LogP contribution in [-0.4, -0.2) is 25.5 Å². The van der Waals surface area contributed by atoms with E-state index in [4.69, 9.17) is 0 Å². The number of halogens is 1. The molecule has 1 heterocycles. The van der Waals surface area contributed by atoms with Crippen molar-refractivity contribution in [2.45, 2.75) is 32.1 Å². The largest absolute Gasteiger partial charge is 0.355 e. The third-order valence-electron chi connectivity index (χ3n) is 3.89. The highest BCUT2D eigenvalue weighted by Crippen LogP contribution is 2.19. The van der Waals surface area contributed by atoms with Gasteiger partial charge in [-0.05, 0) is 43.8 Å². The molecule has 1 aliphatic heterocycles. The molecular weight excluding hydrogens is 272 g/mol. The Labute approximate surface area is 127 Å². The van der Waals surface area contributed by atoms with Crippen molar-refractivity contribution >= 4 is 18.3 Å². The molecule has 112 valence electrons. The zero-order chi connectivity index (χ0) is 13.5. The van der Waals surface area contributed by atoms with Crippen molar-refractivity contribution in [2.24, 2.45) is 5.92 Å². The molecule has 3 nitrogen and oxygen atoms in total. The molecule has 4 heteroatoms. The lowest BCUT2D eigenvalue weighted by atomic mass is 9.94. The number of benzene rings is 1. The molecule has 0 saturated carbocycles. The van der Waals surface area contributed by atoms with Crippen molar-refractivity contribution in [3.8, 4) is 0 Å². The molecule has 20 heavy (non-hydrogen) atoms. The maximum atomic E-state index is 12.3. The van der Waals surface area contributed by atoms with Gasteiger partial charge < -0.3 is 10.6 Å². The van der Waals surface area contributed by atoms with Gasteiger partial charge in [0.15, 0.2) is 0 Å². The minimum atomic E-state index is -0.0160. The Kier molecular flexibility index (Phi) is 7.63. The quantitative estimate of drug-likeness (QED) is 0.877. The Morgan fingerprint density at radius 1 is 1.40 bits per heavy atom. The van der Waals surface area contributed by atoms with E-state index >= 15 is 0 Å². The number of rotatable bonds is 5. The van der Waals surface area contributed by atoms with Gasteiger partial charge in [0, 0.05) is 6.54 Å². The van der Waals surface area contributed by atoms with Crippen LogP contribution < -0.4 is 10.6 Å². The zero-order valence-electron chi connectivity index (χ0n) is 12.1. The maximum absolute atomic E-state index is 12.3. The highest BCUT2D eigenvalue weighted by atomic mass is 35.5. The van der Waals surface area contributed by atoms with Gasteiger partial charge in [0.05, 0.1) is 5.92 Å². The predicted molar refractivity (Wildman–Crippen MR) is 85.3 cm³/mol. The van der Waals surface area contributed by atoms with Gasteiger partial charge in [-0.25, -0.2) is 0 Å². The summed E-state index contributed by atoms with van der Waals surface area (Å²) in [5.41, 5.74) is 1.12. The van der Waals surface area contributed by atoms with Crippen molar-refractivity contribution < 1.29 is 4.79 Å². The number of hydrogen-bond donors (Lipinski definition) is 2. The lowest BCUT2D eigenvalue weighted by molar-refractivity contribution is -0.122. The Morgan fingerprint density at radius 2 is 2.15 bits per heavy atom. The maximum Gasteiger partial charge on any atom is 0.227 e. The zero-order valence-corrected chi connectivity index (χ0v) is 12.9. The van der Waals surface area contributed by atoms with Crippen LogP contribution >= 0.6 is 12.4 Å². The van der Waals surface area contributed by atoms with E-state index in [0.29, 0.717) is 5.92 Å². The van der Waals surface area contributed by atoms with Crippen molar-refractivity contribution in [1.82, 2.24) is 10.6 Å². The van der Waals surface area contributed by atoms with Gasteiger partial charge >= 0.3 is 0 Å². The van der Waals surface area contributed by atoms with Gasteiger partial charge in [0.2, 0.25) is 5.91 Å². The normalized spacial score (nSPS) is 19.8. The van der Waals surface area contributed by atoms with Crippen molar-refractivity contribution in [1.29, 1.82) is 0 Å². The summed E-state index contributed by atoms with van der Waals surface area (Å²) >= 11 is 0. The third-order valence-corrected chi connectivity index (χ3v) is 3.89. The van der Waals surface area contributed by atoms with E-state index in [-0.39, 0.29) is 24.2 Å². The smallest absolute Gasteiger partial charge is 0.227 e. The summed E-state index contributed by atoms with van der Waals surface area (Å²) in [6.07, 6.45) is 3.28. The molecular formula is C16H25ClN2O. The molecule has 0 radical (unpaired) electrons. The number of hydrogen-bond acceptors (Lipinski definition) is 2. The Morgan fingerprint density at radius 3 is 2.75 bits per heavy atom. The predicted octanol–water partition coefficient (Wildman–Crippen LogP) is 2.72. The number of nitrogens with one attached hydrogen (secondary N) is 2. The second kappa shape index (κ2) is 8.98. The molecule has 2 N–H and O–H groups in total. The number of amides is 1. The fourth-order valence-corrected chi connectivity index (χ4v) is 2.72. The molecule has 0 spiro atoms. The molecule has 0 aliphatic carbocycles. The summed E-state index contributed by atoms with van der Waals surface area (Å²) < 4.78 is 0.